The summed E-state index contributed by atoms with van der Waals surface area (Å²) in [5, 5.41) is 16.8. The molecule has 32 heavy (non-hydrogen) atoms. The van der Waals surface area contributed by atoms with Gasteiger partial charge in [0.05, 0.1) is 18.2 Å². The molecule has 0 radical (unpaired) electrons. The highest BCUT2D eigenvalue weighted by Crippen LogP contribution is 2.31. The molecule has 1 aliphatic heterocycles. The van der Waals surface area contributed by atoms with Gasteiger partial charge in [-0.2, -0.15) is 0 Å². The van der Waals surface area contributed by atoms with E-state index < -0.39 is 0 Å². The lowest BCUT2D eigenvalue weighted by molar-refractivity contribution is 0.127. The number of para-hydroxylation sites is 1. The largest absolute Gasteiger partial charge is 0.487 e. The maximum Gasteiger partial charge on any atom is 0.191 e. The summed E-state index contributed by atoms with van der Waals surface area (Å²) in [6.45, 7) is 6.07. The van der Waals surface area contributed by atoms with Crippen molar-refractivity contribution in [2.45, 2.75) is 32.9 Å². The molecule has 0 aliphatic carbocycles. The van der Waals surface area contributed by atoms with E-state index in [2.05, 4.69) is 16.7 Å². The normalized spacial score (nSPS) is 18.2. The minimum atomic E-state index is -0.0361. The van der Waals surface area contributed by atoms with Gasteiger partial charge in [0.2, 0.25) is 0 Å². The van der Waals surface area contributed by atoms with E-state index in [0.29, 0.717) is 30.5 Å². The number of benzene rings is 2. The van der Waals surface area contributed by atoms with Crippen molar-refractivity contribution in [3.05, 3.63) is 64.7 Å². The van der Waals surface area contributed by atoms with E-state index in [1.54, 1.807) is 0 Å². The number of ether oxygens (including phenoxy) is 2. The molecule has 0 aromatic heterocycles. The Bertz CT molecular complexity index is 860. The van der Waals surface area contributed by atoms with Gasteiger partial charge in [0, 0.05) is 31.7 Å². The molecule has 1 heterocycles. The Hall–Kier alpha value is -1.55. The lowest BCUT2D eigenvalue weighted by atomic mass is 9.84. The summed E-state index contributed by atoms with van der Waals surface area (Å²) in [6, 6.07) is 15.6. The first-order valence-electron chi connectivity index (χ1n) is 10.8. The van der Waals surface area contributed by atoms with E-state index >= 15 is 0 Å². The van der Waals surface area contributed by atoms with Crippen molar-refractivity contribution in [1.82, 2.24) is 10.6 Å². The first kappa shape index (κ1) is 26.7. The maximum atomic E-state index is 9.44. The fourth-order valence-corrected chi connectivity index (χ4v) is 3.85. The van der Waals surface area contributed by atoms with E-state index in [9.17, 15) is 5.11 Å². The van der Waals surface area contributed by atoms with Crippen LogP contribution in [0.2, 0.25) is 5.02 Å². The average molecular weight is 574 g/mol. The van der Waals surface area contributed by atoms with Crippen molar-refractivity contribution in [2.75, 3.05) is 32.9 Å². The molecule has 176 valence electrons. The molecular weight excluding hydrogens is 541 g/mol. The SMILES string of the molecule is CCNC(=NCc1ccccc1COc1ccccc1Cl)NCC1(CCO)CCOC1.I. The van der Waals surface area contributed by atoms with Crippen LogP contribution in [-0.4, -0.2) is 44.0 Å². The molecule has 0 saturated carbocycles. The zero-order chi connectivity index (χ0) is 21.9. The predicted molar refractivity (Wildman–Crippen MR) is 140 cm³/mol. The summed E-state index contributed by atoms with van der Waals surface area (Å²) in [4.78, 5) is 4.78. The van der Waals surface area contributed by atoms with Gasteiger partial charge in [0.25, 0.3) is 0 Å². The third-order valence-electron chi connectivity index (χ3n) is 5.55. The summed E-state index contributed by atoms with van der Waals surface area (Å²) in [7, 11) is 0. The van der Waals surface area contributed by atoms with E-state index in [1.807, 2.05) is 49.4 Å². The van der Waals surface area contributed by atoms with Crippen LogP contribution in [0.15, 0.2) is 53.5 Å². The summed E-state index contributed by atoms with van der Waals surface area (Å²) >= 11 is 6.20. The van der Waals surface area contributed by atoms with Gasteiger partial charge in [0.15, 0.2) is 5.96 Å². The minimum absolute atomic E-state index is 0. The molecule has 1 atom stereocenters. The molecule has 3 rings (SSSR count). The highest BCUT2D eigenvalue weighted by molar-refractivity contribution is 14.0. The number of hydrogen-bond acceptors (Lipinski definition) is 4. The van der Waals surface area contributed by atoms with Crippen LogP contribution in [0.4, 0.5) is 0 Å². The Balaban J connectivity index is 0.00000363. The number of hydrogen-bond donors (Lipinski definition) is 3. The number of guanidine groups is 1. The van der Waals surface area contributed by atoms with E-state index in [4.69, 9.17) is 26.1 Å². The number of rotatable bonds is 10. The smallest absolute Gasteiger partial charge is 0.191 e. The highest BCUT2D eigenvalue weighted by Gasteiger charge is 2.34. The van der Waals surface area contributed by atoms with Crippen molar-refractivity contribution >= 4 is 41.5 Å². The number of halogens is 2. The topological polar surface area (TPSA) is 75.1 Å². The molecule has 3 N–H and O–H groups in total. The second-order valence-corrected chi connectivity index (χ2v) is 8.22. The van der Waals surface area contributed by atoms with E-state index in [0.717, 1.165) is 49.6 Å². The second kappa shape index (κ2) is 13.9. The van der Waals surface area contributed by atoms with Crippen molar-refractivity contribution in [2.24, 2.45) is 10.4 Å². The molecule has 1 aliphatic rings. The summed E-state index contributed by atoms with van der Waals surface area (Å²) < 4.78 is 11.5. The Morgan fingerprint density at radius 1 is 1.16 bits per heavy atom. The summed E-state index contributed by atoms with van der Waals surface area (Å²) in [5.74, 6) is 1.43. The van der Waals surface area contributed by atoms with Gasteiger partial charge in [-0.25, -0.2) is 4.99 Å². The van der Waals surface area contributed by atoms with Crippen LogP contribution in [0, 0.1) is 5.41 Å². The van der Waals surface area contributed by atoms with Crippen molar-refractivity contribution in [1.29, 1.82) is 0 Å². The zero-order valence-electron chi connectivity index (χ0n) is 18.5. The number of aliphatic hydroxyl groups excluding tert-OH is 1. The van der Waals surface area contributed by atoms with Crippen LogP contribution in [0.1, 0.15) is 30.9 Å². The molecule has 2 aromatic rings. The van der Waals surface area contributed by atoms with Gasteiger partial charge in [-0.05, 0) is 43.0 Å². The third-order valence-corrected chi connectivity index (χ3v) is 5.86. The Kier molecular flexibility index (Phi) is 11.6. The van der Waals surface area contributed by atoms with Crippen LogP contribution in [0.5, 0.6) is 5.75 Å². The van der Waals surface area contributed by atoms with E-state index in [1.165, 1.54) is 0 Å². The molecule has 1 unspecified atom stereocenters. The van der Waals surface area contributed by atoms with Crippen LogP contribution >= 0.6 is 35.6 Å². The number of aliphatic hydroxyl groups is 1. The maximum absolute atomic E-state index is 9.44. The van der Waals surface area contributed by atoms with Gasteiger partial charge in [-0.1, -0.05) is 48.0 Å². The van der Waals surface area contributed by atoms with Gasteiger partial charge in [-0.15, -0.1) is 24.0 Å². The first-order chi connectivity index (χ1) is 15.2. The average Bonchev–Trinajstić information content (AvgIpc) is 3.25. The first-order valence-corrected chi connectivity index (χ1v) is 11.2. The molecule has 0 bridgehead atoms. The molecule has 1 fully saturated rings. The fraction of sp³-hybridized carbons (Fsp3) is 0.458. The number of nitrogens with zero attached hydrogens (tertiary/aromatic N) is 1. The Morgan fingerprint density at radius 2 is 1.91 bits per heavy atom. The molecular formula is C24H33ClIN3O3. The molecule has 2 aromatic carbocycles. The van der Waals surface area contributed by atoms with Crippen LogP contribution in [-0.2, 0) is 17.9 Å². The van der Waals surface area contributed by atoms with Crippen LogP contribution in [0.3, 0.4) is 0 Å². The van der Waals surface area contributed by atoms with Crippen molar-refractivity contribution < 1.29 is 14.6 Å². The quantitative estimate of drug-likeness (QED) is 0.224. The highest BCUT2D eigenvalue weighted by atomic mass is 127. The molecule has 0 spiro atoms. The Morgan fingerprint density at radius 3 is 2.59 bits per heavy atom. The van der Waals surface area contributed by atoms with Gasteiger partial charge in [0.1, 0.15) is 12.4 Å². The molecule has 1 saturated heterocycles. The zero-order valence-corrected chi connectivity index (χ0v) is 21.6. The Labute approximate surface area is 212 Å². The van der Waals surface area contributed by atoms with Crippen LogP contribution < -0.4 is 15.4 Å². The van der Waals surface area contributed by atoms with Crippen molar-refractivity contribution in [3.63, 3.8) is 0 Å². The lowest BCUT2D eigenvalue weighted by Gasteiger charge is -2.27. The van der Waals surface area contributed by atoms with Crippen molar-refractivity contribution in [3.8, 4) is 5.75 Å². The fourth-order valence-electron chi connectivity index (χ4n) is 3.66. The number of aliphatic imine (C=N–C) groups is 1. The summed E-state index contributed by atoms with van der Waals surface area (Å²) in [5.41, 5.74) is 2.13. The van der Waals surface area contributed by atoms with Gasteiger partial charge in [-0.3, -0.25) is 0 Å². The lowest BCUT2D eigenvalue weighted by Crippen LogP contribution is -2.44. The third kappa shape index (κ3) is 7.79. The minimum Gasteiger partial charge on any atom is -0.487 e. The number of nitrogens with one attached hydrogen (secondary N) is 2. The summed E-state index contributed by atoms with van der Waals surface area (Å²) in [6.07, 6.45) is 1.67. The predicted octanol–water partition coefficient (Wildman–Crippen LogP) is 4.38. The van der Waals surface area contributed by atoms with Crippen LogP contribution in [0.25, 0.3) is 0 Å². The second-order valence-electron chi connectivity index (χ2n) is 7.81. The molecule has 6 nitrogen and oxygen atoms in total. The molecule has 8 heteroatoms. The van der Waals surface area contributed by atoms with E-state index in [-0.39, 0.29) is 36.0 Å². The monoisotopic (exact) mass is 573 g/mol. The standard InChI is InChI=1S/C24H32ClN3O3.HI/c1-2-26-23(28-17-24(11-13-29)12-14-30-18-24)27-15-19-7-3-4-8-20(19)16-31-22-10-6-5-9-21(22)25;/h3-10,29H,2,11-18H2,1H3,(H2,26,27,28);1H. The van der Waals surface area contributed by atoms with Gasteiger partial charge >= 0.3 is 0 Å². The van der Waals surface area contributed by atoms with Gasteiger partial charge < -0.3 is 25.2 Å². The molecule has 0 amide bonds.